The van der Waals surface area contributed by atoms with Crippen LogP contribution in [0.1, 0.15) is 19.8 Å². The first-order valence-electron chi connectivity index (χ1n) is 5.40. The van der Waals surface area contributed by atoms with Crippen LogP contribution in [0.3, 0.4) is 0 Å². The van der Waals surface area contributed by atoms with Gasteiger partial charge < -0.3 is 15.0 Å². The molecule has 1 saturated carbocycles. The van der Waals surface area contributed by atoms with Crippen molar-refractivity contribution in [2.24, 2.45) is 5.92 Å². The number of ether oxygens (including phenoxy) is 1. The number of hydrogen-bond acceptors (Lipinski definition) is 2. The number of hydrogen-bond donors (Lipinski definition) is 1. The maximum Gasteiger partial charge on any atom is 0.317 e. The third-order valence-electron chi connectivity index (χ3n) is 2.98. The molecule has 1 atom stereocenters. The monoisotopic (exact) mass is 198 g/mol. The molecule has 4 nitrogen and oxygen atoms in total. The van der Waals surface area contributed by atoms with Gasteiger partial charge in [0.15, 0.2) is 0 Å². The molecule has 0 bridgehead atoms. The minimum absolute atomic E-state index is 0.0766. The molecule has 1 aliphatic carbocycles. The molecule has 0 aromatic rings. The zero-order valence-electron chi connectivity index (χ0n) is 8.66. The van der Waals surface area contributed by atoms with Crippen molar-refractivity contribution in [2.45, 2.75) is 25.8 Å². The van der Waals surface area contributed by atoms with Gasteiger partial charge in [-0.2, -0.15) is 0 Å². The van der Waals surface area contributed by atoms with Crippen molar-refractivity contribution in [3.63, 3.8) is 0 Å². The van der Waals surface area contributed by atoms with E-state index in [1.54, 1.807) is 0 Å². The molecule has 1 aliphatic heterocycles. The normalized spacial score (nSPS) is 24.5. The highest BCUT2D eigenvalue weighted by Gasteiger charge is 2.30. The highest BCUT2D eigenvalue weighted by atomic mass is 16.5. The summed E-state index contributed by atoms with van der Waals surface area (Å²) in [6.45, 7) is 4.89. The van der Waals surface area contributed by atoms with Crippen molar-refractivity contribution in [1.29, 1.82) is 0 Å². The van der Waals surface area contributed by atoms with Crippen molar-refractivity contribution in [2.75, 3.05) is 26.3 Å². The number of rotatable bonds is 2. The van der Waals surface area contributed by atoms with E-state index in [4.69, 9.17) is 4.74 Å². The van der Waals surface area contributed by atoms with E-state index in [1.807, 2.05) is 4.90 Å². The van der Waals surface area contributed by atoms with Crippen molar-refractivity contribution in [1.82, 2.24) is 10.2 Å². The molecule has 2 rings (SSSR count). The molecule has 0 aromatic carbocycles. The topological polar surface area (TPSA) is 41.6 Å². The van der Waals surface area contributed by atoms with E-state index < -0.39 is 0 Å². The Morgan fingerprint density at radius 2 is 2.07 bits per heavy atom. The second-order valence-electron chi connectivity index (χ2n) is 4.18. The molecular formula is C10H18N2O2. The maximum absolute atomic E-state index is 11.7. The van der Waals surface area contributed by atoms with Crippen molar-refractivity contribution < 1.29 is 9.53 Å². The minimum Gasteiger partial charge on any atom is -0.378 e. The fourth-order valence-electron chi connectivity index (χ4n) is 1.77. The molecule has 2 aliphatic rings. The van der Waals surface area contributed by atoms with Gasteiger partial charge in [-0.1, -0.05) is 0 Å². The van der Waals surface area contributed by atoms with Crippen molar-refractivity contribution >= 4 is 6.03 Å². The van der Waals surface area contributed by atoms with Gasteiger partial charge in [0, 0.05) is 19.1 Å². The molecular weight excluding hydrogens is 180 g/mol. The lowest BCUT2D eigenvalue weighted by atomic mass is 10.2. The number of amides is 2. The third kappa shape index (κ3) is 2.38. The third-order valence-corrected chi connectivity index (χ3v) is 2.98. The number of nitrogens with zero attached hydrogens (tertiary/aromatic N) is 1. The van der Waals surface area contributed by atoms with Gasteiger partial charge in [0.05, 0.1) is 13.2 Å². The highest BCUT2D eigenvalue weighted by Crippen LogP contribution is 2.32. The Kier molecular flexibility index (Phi) is 2.91. The molecule has 14 heavy (non-hydrogen) atoms. The van der Waals surface area contributed by atoms with Gasteiger partial charge in [0.25, 0.3) is 0 Å². The SMILES string of the molecule is CC(NC(=O)N1CCOCC1)C1CC1. The van der Waals surface area contributed by atoms with Crippen LogP contribution in [-0.2, 0) is 4.74 Å². The fourth-order valence-corrected chi connectivity index (χ4v) is 1.77. The Morgan fingerprint density at radius 3 is 2.64 bits per heavy atom. The van der Waals surface area contributed by atoms with Crippen LogP contribution in [0.15, 0.2) is 0 Å². The summed E-state index contributed by atoms with van der Waals surface area (Å²) in [5.41, 5.74) is 0. The van der Waals surface area contributed by atoms with Crippen LogP contribution in [0.2, 0.25) is 0 Å². The molecule has 1 heterocycles. The zero-order chi connectivity index (χ0) is 9.97. The smallest absolute Gasteiger partial charge is 0.317 e. The van der Waals surface area contributed by atoms with Crippen molar-refractivity contribution in [3.05, 3.63) is 0 Å². The fraction of sp³-hybridized carbons (Fsp3) is 0.900. The first kappa shape index (κ1) is 9.77. The Labute approximate surface area is 84.6 Å². The molecule has 1 saturated heterocycles. The highest BCUT2D eigenvalue weighted by molar-refractivity contribution is 5.74. The quantitative estimate of drug-likeness (QED) is 0.714. The molecule has 1 N–H and O–H groups in total. The van der Waals surface area contributed by atoms with E-state index in [2.05, 4.69) is 12.2 Å². The van der Waals surface area contributed by atoms with E-state index in [1.165, 1.54) is 12.8 Å². The summed E-state index contributed by atoms with van der Waals surface area (Å²) in [6.07, 6.45) is 2.54. The number of carbonyl (C=O) groups excluding carboxylic acids is 1. The van der Waals surface area contributed by atoms with Crippen LogP contribution >= 0.6 is 0 Å². The number of carbonyl (C=O) groups is 1. The van der Waals surface area contributed by atoms with Crippen LogP contribution in [0.4, 0.5) is 4.79 Å². The predicted octanol–water partition coefficient (Wildman–Crippen LogP) is 0.827. The number of morpholine rings is 1. The van der Waals surface area contributed by atoms with E-state index in [0.717, 1.165) is 19.0 Å². The summed E-state index contributed by atoms with van der Waals surface area (Å²) in [4.78, 5) is 13.5. The van der Waals surface area contributed by atoms with Gasteiger partial charge in [0.2, 0.25) is 0 Å². The second-order valence-corrected chi connectivity index (χ2v) is 4.18. The number of nitrogens with one attached hydrogen (secondary N) is 1. The van der Waals surface area contributed by atoms with E-state index >= 15 is 0 Å². The Bertz CT molecular complexity index is 210. The Morgan fingerprint density at radius 1 is 1.43 bits per heavy atom. The minimum atomic E-state index is 0.0766. The first-order chi connectivity index (χ1) is 6.77. The van der Waals surface area contributed by atoms with Crippen LogP contribution in [0.25, 0.3) is 0 Å². The average molecular weight is 198 g/mol. The van der Waals surface area contributed by atoms with Crippen LogP contribution in [0, 0.1) is 5.92 Å². The Balaban J connectivity index is 1.75. The lowest BCUT2D eigenvalue weighted by Crippen LogP contribution is -2.49. The molecule has 4 heteroatoms. The van der Waals surface area contributed by atoms with E-state index in [0.29, 0.717) is 19.3 Å². The van der Waals surface area contributed by atoms with Crippen LogP contribution in [-0.4, -0.2) is 43.3 Å². The lowest BCUT2D eigenvalue weighted by molar-refractivity contribution is 0.0524. The van der Waals surface area contributed by atoms with Crippen LogP contribution in [0.5, 0.6) is 0 Å². The van der Waals surface area contributed by atoms with Gasteiger partial charge in [-0.25, -0.2) is 4.79 Å². The molecule has 2 fully saturated rings. The molecule has 0 spiro atoms. The first-order valence-corrected chi connectivity index (χ1v) is 5.40. The zero-order valence-corrected chi connectivity index (χ0v) is 8.66. The van der Waals surface area contributed by atoms with Crippen LogP contribution < -0.4 is 5.32 Å². The molecule has 0 radical (unpaired) electrons. The van der Waals surface area contributed by atoms with E-state index in [-0.39, 0.29) is 6.03 Å². The van der Waals surface area contributed by atoms with Gasteiger partial charge in [-0.3, -0.25) is 0 Å². The maximum atomic E-state index is 11.7. The molecule has 1 unspecified atom stereocenters. The van der Waals surface area contributed by atoms with Gasteiger partial charge in [0.1, 0.15) is 0 Å². The largest absolute Gasteiger partial charge is 0.378 e. The second kappa shape index (κ2) is 4.17. The molecule has 2 amide bonds. The summed E-state index contributed by atoms with van der Waals surface area (Å²) in [5, 5.41) is 3.04. The van der Waals surface area contributed by atoms with Gasteiger partial charge >= 0.3 is 6.03 Å². The molecule has 80 valence electrons. The Hall–Kier alpha value is -0.770. The van der Waals surface area contributed by atoms with E-state index in [9.17, 15) is 4.79 Å². The summed E-state index contributed by atoms with van der Waals surface area (Å²) in [5.74, 6) is 0.722. The summed E-state index contributed by atoms with van der Waals surface area (Å²) in [6, 6.07) is 0.415. The predicted molar refractivity (Wildman–Crippen MR) is 53.1 cm³/mol. The number of urea groups is 1. The summed E-state index contributed by atoms with van der Waals surface area (Å²) >= 11 is 0. The summed E-state index contributed by atoms with van der Waals surface area (Å²) < 4.78 is 5.19. The molecule has 0 aromatic heterocycles. The average Bonchev–Trinajstić information content (AvgIpc) is 3.02. The lowest BCUT2D eigenvalue weighted by Gasteiger charge is -2.28. The van der Waals surface area contributed by atoms with Gasteiger partial charge in [-0.05, 0) is 25.7 Å². The standard InChI is InChI=1S/C10H18N2O2/c1-8(9-2-3-9)11-10(13)12-4-6-14-7-5-12/h8-9H,2-7H2,1H3,(H,11,13). The van der Waals surface area contributed by atoms with Crippen molar-refractivity contribution in [3.8, 4) is 0 Å². The van der Waals surface area contributed by atoms with Gasteiger partial charge in [-0.15, -0.1) is 0 Å². The summed E-state index contributed by atoms with van der Waals surface area (Å²) in [7, 11) is 0.